The fourth-order valence-electron chi connectivity index (χ4n) is 2.75. The number of rotatable bonds is 7. The molecule has 0 aromatic rings. The Morgan fingerprint density at radius 3 is 2.19 bits per heavy atom. The van der Waals surface area contributed by atoms with Crippen molar-refractivity contribution in [1.82, 2.24) is 0 Å². The second-order valence-electron chi connectivity index (χ2n) is 4.92. The van der Waals surface area contributed by atoms with E-state index in [0.29, 0.717) is 0 Å². The summed E-state index contributed by atoms with van der Waals surface area (Å²) in [6.45, 7) is 10.9. The Bertz CT molecular complexity index is 208. The summed E-state index contributed by atoms with van der Waals surface area (Å²) in [6, 6.07) is 0. The van der Waals surface area contributed by atoms with Gasteiger partial charge in [0.1, 0.15) is 0 Å². The van der Waals surface area contributed by atoms with Crippen molar-refractivity contribution in [3.05, 3.63) is 0 Å². The van der Waals surface area contributed by atoms with Gasteiger partial charge in [-0.05, 0) is 26.7 Å². The topological polar surface area (TPSA) is 27.7 Å². The van der Waals surface area contributed by atoms with Crippen LogP contribution in [-0.2, 0) is 14.2 Å². The van der Waals surface area contributed by atoms with Crippen LogP contribution in [-0.4, -0.2) is 38.6 Å². The molecule has 0 spiro atoms. The van der Waals surface area contributed by atoms with Crippen molar-refractivity contribution in [1.29, 1.82) is 0 Å². The van der Waals surface area contributed by atoms with Crippen molar-refractivity contribution in [2.75, 3.05) is 26.9 Å². The molecule has 2 unspecified atom stereocenters. The maximum atomic E-state index is 5.93. The Labute approximate surface area is 99.5 Å². The van der Waals surface area contributed by atoms with Crippen LogP contribution in [0.25, 0.3) is 0 Å². The number of hydrogen-bond donors (Lipinski definition) is 0. The molecule has 0 amide bonds. The summed E-state index contributed by atoms with van der Waals surface area (Å²) in [6.07, 6.45) is 2.15. The molecule has 1 aliphatic rings. The summed E-state index contributed by atoms with van der Waals surface area (Å²) >= 11 is 0. The molecule has 0 saturated carbocycles. The van der Waals surface area contributed by atoms with Crippen LogP contribution in [0.2, 0.25) is 0 Å². The molecule has 0 radical (unpaired) electrons. The molecule has 1 saturated heterocycles. The van der Waals surface area contributed by atoms with Crippen molar-refractivity contribution < 1.29 is 14.2 Å². The van der Waals surface area contributed by atoms with Gasteiger partial charge in [-0.2, -0.15) is 0 Å². The summed E-state index contributed by atoms with van der Waals surface area (Å²) < 4.78 is 17.1. The van der Waals surface area contributed by atoms with Crippen LogP contribution in [0.15, 0.2) is 0 Å². The Morgan fingerprint density at radius 2 is 1.94 bits per heavy atom. The zero-order valence-electron chi connectivity index (χ0n) is 11.3. The molecule has 2 atom stereocenters. The Balaban J connectivity index is 2.85. The Hall–Kier alpha value is -0.120. The minimum Gasteiger partial charge on any atom is -0.380 e. The first-order valence-electron chi connectivity index (χ1n) is 6.33. The molecule has 3 heteroatoms. The lowest BCUT2D eigenvalue weighted by atomic mass is 9.70. The standard InChI is InChI=1S/C13H26O3/c1-6-12(4,16-8-3)11(14-5)13(7-2)9-15-10-13/h11H,6-10H2,1-5H3. The summed E-state index contributed by atoms with van der Waals surface area (Å²) in [5.41, 5.74) is -0.0576. The van der Waals surface area contributed by atoms with Crippen LogP contribution >= 0.6 is 0 Å². The molecular formula is C13H26O3. The van der Waals surface area contributed by atoms with E-state index in [1.54, 1.807) is 7.11 Å². The van der Waals surface area contributed by atoms with Gasteiger partial charge in [-0.1, -0.05) is 13.8 Å². The van der Waals surface area contributed by atoms with E-state index in [4.69, 9.17) is 14.2 Å². The van der Waals surface area contributed by atoms with Crippen molar-refractivity contribution in [2.45, 2.75) is 52.2 Å². The van der Waals surface area contributed by atoms with E-state index in [2.05, 4.69) is 20.8 Å². The summed E-state index contributed by atoms with van der Waals surface area (Å²) in [7, 11) is 1.79. The quantitative estimate of drug-likeness (QED) is 0.673. The summed E-state index contributed by atoms with van der Waals surface area (Å²) in [5.74, 6) is 0. The third-order valence-electron chi connectivity index (χ3n) is 4.01. The van der Waals surface area contributed by atoms with Gasteiger partial charge in [-0.15, -0.1) is 0 Å². The maximum absolute atomic E-state index is 5.93. The van der Waals surface area contributed by atoms with Gasteiger partial charge < -0.3 is 14.2 Å². The van der Waals surface area contributed by atoms with Crippen molar-refractivity contribution in [3.8, 4) is 0 Å². The average Bonchev–Trinajstić information content (AvgIpc) is 2.23. The molecule has 0 N–H and O–H groups in total. The summed E-state index contributed by atoms with van der Waals surface area (Å²) in [5, 5.41) is 0. The first kappa shape index (κ1) is 13.9. The highest BCUT2D eigenvalue weighted by atomic mass is 16.6. The van der Waals surface area contributed by atoms with Crippen LogP contribution in [0.3, 0.4) is 0 Å². The number of ether oxygens (including phenoxy) is 3. The van der Waals surface area contributed by atoms with Crippen LogP contribution in [0.4, 0.5) is 0 Å². The van der Waals surface area contributed by atoms with Gasteiger partial charge in [0.15, 0.2) is 0 Å². The molecule has 0 aromatic heterocycles. The van der Waals surface area contributed by atoms with E-state index in [1.165, 1.54) is 0 Å². The van der Waals surface area contributed by atoms with Gasteiger partial charge in [0, 0.05) is 19.1 Å². The third-order valence-corrected chi connectivity index (χ3v) is 4.01. The van der Waals surface area contributed by atoms with Crippen LogP contribution in [0, 0.1) is 5.41 Å². The zero-order chi connectivity index (χ0) is 12.2. The fraction of sp³-hybridized carbons (Fsp3) is 1.00. The van der Waals surface area contributed by atoms with Crippen molar-refractivity contribution in [2.24, 2.45) is 5.41 Å². The molecule has 96 valence electrons. The van der Waals surface area contributed by atoms with Gasteiger partial charge in [0.25, 0.3) is 0 Å². The van der Waals surface area contributed by atoms with Gasteiger partial charge in [-0.25, -0.2) is 0 Å². The SMILES string of the molecule is CCOC(C)(CC)C(OC)C1(CC)COC1. The van der Waals surface area contributed by atoms with E-state index < -0.39 is 0 Å². The molecule has 16 heavy (non-hydrogen) atoms. The van der Waals surface area contributed by atoms with E-state index in [9.17, 15) is 0 Å². The van der Waals surface area contributed by atoms with E-state index in [0.717, 1.165) is 32.7 Å². The second kappa shape index (κ2) is 5.48. The second-order valence-corrected chi connectivity index (χ2v) is 4.92. The monoisotopic (exact) mass is 230 g/mol. The lowest BCUT2D eigenvalue weighted by Crippen LogP contribution is -2.61. The van der Waals surface area contributed by atoms with Crippen molar-refractivity contribution >= 4 is 0 Å². The highest BCUT2D eigenvalue weighted by molar-refractivity contribution is 5.01. The van der Waals surface area contributed by atoms with Gasteiger partial charge in [-0.3, -0.25) is 0 Å². The van der Waals surface area contributed by atoms with Gasteiger partial charge >= 0.3 is 0 Å². The lowest BCUT2D eigenvalue weighted by molar-refractivity contribution is -0.243. The summed E-state index contributed by atoms with van der Waals surface area (Å²) in [4.78, 5) is 0. The fourth-order valence-corrected chi connectivity index (χ4v) is 2.75. The van der Waals surface area contributed by atoms with Crippen LogP contribution in [0.5, 0.6) is 0 Å². The first-order valence-corrected chi connectivity index (χ1v) is 6.33. The molecule has 0 aliphatic carbocycles. The third kappa shape index (κ3) is 2.27. The lowest BCUT2D eigenvalue weighted by Gasteiger charge is -2.52. The molecule has 1 heterocycles. The van der Waals surface area contributed by atoms with Gasteiger partial charge in [0.05, 0.1) is 24.9 Å². The highest BCUT2D eigenvalue weighted by Crippen LogP contribution is 2.43. The van der Waals surface area contributed by atoms with Crippen LogP contribution < -0.4 is 0 Å². The smallest absolute Gasteiger partial charge is 0.0958 e. The first-order chi connectivity index (χ1) is 7.58. The maximum Gasteiger partial charge on any atom is 0.0958 e. The molecule has 1 fully saturated rings. The molecule has 3 nitrogen and oxygen atoms in total. The molecule has 1 aliphatic heterocycles. The Morgan fingerprint density at radius 1 is 1.31 bits per heavy atom. The number of methoxy groups -OCH3 is 1. The Kier molecular flexibility index (Phi) is 4.77. The number of hydrogen-bond acceptors (Lipinski definition) is 3. The van der Waals surface area contributed by atoms with Gasteiger partial charge in [0.2, 0.25) is 0 Å². The molecular weight excluding hydrogens is 204 g/mol. The van der Waals surface area contributed by atoms with E-state index >= 15 is 0 Å². The van der Waals surface area contributed by atoms with E-state index in [-0.39, 0.29) is 17.1 Å². The van der Waals surface area contributed by atoms with Crippen LogP contribution in [0.1, 0.15) is 40.5 Å². The predicted molar refractivity (Wildman–Crippen MR) is 64.7 cm³/mol. The minimum absolute atomic E-state index is 0.115. The predicted octanol–water partition coefficient (Wildman–Crippen LogP) is 2.63. The highest BCUT2D eigenvalue weighted by Gasteiger charge is 2.52. The zero-order valence-corrected chi connectivity index (χ0v) is 11.3. The average molecular weight is 230 g/mol. The molecule has 1 rings (SSSR count). The minimum atomic E-state index is -0.205. The van der Waals surface area contributed by atoms with E-state index in [1.807, 2.05) is 6.92 Å². The largest absolute Gasteiger partial charge is 0.380 e. The molecule has 0 bridgehead atoms. The normalized spacial score (nSPS) is 24.6. The molecule has 0 aromatic carbocycles. The van der Waals surface area contributed by atoms with Crippen molar-refractivity contribution in [3.63, 3.8) is 0 Å².